The Bertz CT molecular complexity index is 1160. The number of H-pyrrole nitrogens is 1. The molecule has 4 rings (SSSR count). The monoisotopic (exact) mass is 499 g/mol. The predicted octanol–water partition coefficient (Wildman–Crippen LogP) is 3.28. The van der Waals surface area contributed by atoms with E-state index in [2.05, 4.69) is 20.3 Å². The maximum absolute atomic E-state index is 13.6. The molecule has 11 heteroatoms. The van der Waals surface area contributed by atoms with Crippen LogP contribution in [0.25, 0.3) is 22.6 Å². The molecule has 0 unspecified atom stereocenters. The van der Waals surface area contributed by atoms with Crippen LogP contribution in [0.2, 0.25) is 0 Å². The standard InChI is InChI=1S/C25H30FN5O5/c1-4-12-34-24-28-10-9-18(29-24)20-19(16-5-7-17(26)8-6-16)30-21(31-20)22-35-14-25(2,15-36-22)23(32)27-11-13-33-3/h5-10,22H,4,11-15H2,1-3H3,(H,27,32)(H,30,31). The fourth-order valence-electron chi connectivity index (χ4n) is 3.63. The van der Waals surface area contributed by atoms with Crippen LogP contribution in [0.5, 0.6) is 6.01 Å². The number of methoxy groups -OCH3 is 1. The van der Waals surface area contributed by atoms with Gasteiger partial charge in [0.2, 0.25) is 12.2 Å². The van der Waals surface area contributed by atoms with E-state index >= 15 is 0 Å². The average Bonchev–Trinajstić information content (AvgIpc) is 3.34. The minimum absolute atomic E-state index is 0.140. The van der Waals surface area contributed by atoms with Crippen LogP contribution in [0.4, 0.5) is 4.39 Å². The fourth-order valence-corrected chi connectivity index (χ4v) is 3.63. The van der Waals surface area contributed by atoms with E-state index in [1.165, 1.54) is 12.1 Å². The number of hydrogen-bond acceptors (Lipinski definition) is 8. The van der Waals surface area contributed by atoms with E-state index in [0.717, 1.165) is 6.42 Å². The highest BCUT2D eigenvalue weighted by Gasteiger charge is 2.40. The first-order chi connectivity index (χ1) is 17.4. The molecule has 1 amide bonds. The number of rotatable bonds is 10. The van der Waals surface area contributed by atoms with Crippen LogP contribution in [0.3, 0.4) is 0 Å². The Hall–Kier alpha value is -3.41. The Morgan fingerprint density at radius 2 is 1.94 bits per heavy atom. The topological polar surface area (TPSA) is 120 Å². The van der Waals surface area contributed by atoms with Crippen LogP contribution in [-0.4, -0.2) is 65.9 Å². The lowest BCUT2D eigenvalue weighted by atomic mass is 9.91. The number of nitrogens with zero attached hydrogens (tertiary/aromatic N) is 3. The van der Waals surface area contributed by atoms with Crippen LogP contribution in [-0.2, 0) is 19.0 Å². The summed E-state index contributed by atoms with van der Waals surface area (Å²) in [5.74, 6) is -0.123. The van der Waals surface area contributed by atoms with Crippen molar-refractivity contribution in [3.05, 3.63) is 48.2 Å². The first-order valence-corrected chi connectivity index (χ1v) is 11.8. The summed E-state index contributed by atoms with van der Waals surface area (Å²) < 4.78 is 36.0. The maximum atomic E-state index is 13.6. The quantitative estimate of drug-likeness (QED) is 0.408. The van der Waals surface area contributed by atoms with Gasteiger partial charge in [0.25, 0.3) is 0 Å². The Morgan fingerprint density at radius 1 is 1.19 bits per heavy atom. The van der Waals surface area contributed by atoms with Crippen molar-refractivity contribution >= 4 is 5.91 Å². The Kier molecular flexibility index (Phi) is 8.24. The minimum atomic E-state index is -0.850. The largest absolute Gasteiger partial charge is 0.463 e. The lowest BCUT2D eigenvalue weighted by Crippen LogP contribution is -2.49. The van der Waals surface area contributed by atoms with Gasteiger partial charge in [0.1, 0.15) is 5.82 Å². The number of benzene rings is 1. The van der Waals surface area contributed by atoms with E-state index < -0.39 is 11.7 Å². The number of nitrogens with one attached hydrogen (secondary N) is 2. The second-order valence-corrected chi connectivity index (χ2v) is 8.69. The van der Waals surface area contributed by atoms with E-state index in [4.69, 9.17) is 23.9 Å². The highest BCUT2D eigenvalue weighted by atomic mass is 19.1. The summed E-state index contributed by atoms with van der Waals surface area (Å²) in [6.07, 6.45) is 1.60. The number of carbonyl (C=O) groups excluding carboxylic acids is 1. The molecule has 0 bridgehead atoms. The molecule has 1 fully saturated rings. The van der Waals surface area contributed by atoms with Gasteiger partial charge in [-0.1, -0.05) is 6.92 Å². The van der Waals surface area contributed by atoms with E-state index in [9.17, 15) is 9.18 Å². The van der Waals surface area contributed by atoms with Crippen LogP contribution in [0.1, 0.15) is 32.4 Å². The van der Waals surface area contributed by atoms with Crippen LogP contribution in [0, 0.1) is 11.2 Å². The van der Waals surface area contributed by atoms with Crippen molar-refractivity contribution in [3.63, 3.8) is 0 Å². The number of aromatic amines is 1. The molecular formula is C25H30FN5O5. The molecule has 0 atom stereocenters. The SMILES string of the molecule is CCCOc1nccc(-c2[nH]c(C3OCC(C)(C(=O)NCCOC)CO3)nc2-c2ccc(F)cc2)n1. The molecule has 1 saturated heterocycles. The first kappa shape index (κ1) is 25.7. The van der Waals surface area contributed by atoms with Gasteiger partial charge in [-0.15, -0.1) is 0 Å². The van der Waals surface area contributed by atoms with Gasteiger partial charge in [-0.25, -0.2) is 14.4 Å². The second kappa shape index (κ2) is 11.5. The highest BCUT2D eigenvalue weighted by Crippen LogP contribution is 2.35. The summed E-state index contributed by atoms with van der Waals surface area (Å²) in [6, 6.07) is 7.98. The number of halogens is 1. The van der Waals surface area contributed by atoms with Gasteiger partial charge < -0.3 is 29.2 Å². The summed E-state index contributed by atoms with van der Waals surface area (Å²) >= 11 is 0. The molecule has 0 aliphatic carbocycles. The van der Waals surface area contributed by atoms with Crippen molar-refractivity contribution in [2.45, 2.75) is 26.6 Å². The molecule has 0 spiro atoms. The Balaban J connectivity index is 1.59. The fraction of sp³-hybridized carbons (Fsp3) is 0.440. The molecule has 0 saturated carbocycles. The van der Waals surface area contributed by atoms with E-state index in [1.54, 1.807) is 38.4 Å². The molecule has 2 aromatic heterocycles. The third kappa shape index (κ3) is 5.86. The van der Waals surface area contributed by atoms with Gasteiger partial charge in [0.05, 0.1) is 48.9 Å². The predicted molar refractivity (Wildman–Crippen MR) is 128 cm³/mol. The van der Waals surface area contributed by atoms with Gasteiger partial charge in [-0.3, -0.25) is 4.79 Å². The summed E-state index contributed by atoms with van der Waals surface area (Å²) in [6.45, 7) is 5.37. The smallest absolute Gasteiger partial charge is 0.316 e. The van der Waals surface area contributed by atoms with Gasteiger partial charge in [0, 0.05) is 25.4 Å². The van der Waals surface area contributed by atoms with Crippen LogP contribution < -0.4 is 10.1 Å². The van der Waals surface area contributed by atoms with Crippen LogP contribution >= 0.6 is 0 Å². The molecule has 36 heavy (non-hydrogen) atoms. The van der Waals surface area contributed by atoms with Crippen molar-refractivity contribution in [2.24, 2.45) is 5.41 Å². The lowest BCUT2D eigenvalue weighted by Gasteiger charge is -2.35. The molecule has 3 heterocycles. The lowest BCUT2D eigenvalue weighted by molar-refractivity contribution is -0.231. The molecule has 192 valence electrons. The number of ether oxygens (including phenoxy) is 4. The molecule has 1 aliphatic heterocycles. The van der Waals surface area contributed by atoms with Crippen molar-refractivity contribution in [3.8, 4) is 28.7 Å². The normalized spacial score (nSPS) is 19.7. The number of imidazole rings is 1. The highest BCUT2D eigenvalue weighted by molar-refractivity contribution is 5.82. The molecule has 3 aromatic rings. The summed E-state index contributed by atoms with van der Waals surface area (Å²) in [4.78, 5) is 29.2. The van der Waals surface area contributed by atoms with E-state index in [0.29, 0.717) is 48.2 Å². The zero-order chi connectivity index (χ0) is 25.5. The maximum Gasteiger partial charge on any atom is 0.316 e. The second-order valence-electron chi connectivity index (χ2n) is 8.69. The van der Waals surface area contributed by atoms with Gasteiger partial charge >= 0.3 is 6.01 Å². The number of aromatic nitrogens is 4. The van der Waals surface area contributed by atoms with E-state index in [-0.39, 0.29) is 30.9 Å². The first-order valence-electron chi connectivity index (χ1n) is 11.8. The van der Waals surface area contributed by atoms with Crippen LogP contribution in [0.15, 0.2) is 36.5 Å². The molecule has 10 nitrogen and oxygen atoms in total. The molecule has 1 aromatic carbocycles. The third-order valence-corrected chi connectivity index (χ3v) is 5.63. The van der Waals surface area contributed by atoms with Gasteiger partial charge in [0.15, 0.2) is 5.82 Å². The summed E-state index contributed by atoms with van der Waals surface area (Å²) in [5.41, 5.74) is 1.51. The van der Waals surface area contributed by atoms with Gasteiger partial charge in [-0.05, 0) is 43.7 Å². The van der Waals surface area contributed by atoms with Gasteiger partial charge in [-0.2, -0.15) is 4.98 Å². The molecular weight excluding hydrogens is 469 g/mol. The van der Waals surface area contributed by atoms with E-state index in [1.807, 2.05) is 6.92 Å². The number of hydrogen-bond donors (Lipinski definition) is 2. The molecule has 2 N–H and O–H groups in total. The van der Waals surface area contributed by atoms with Crippen molar-refractivity contribution in [1.29, 1.82) is 0 Å². The van der Waals surface area contributed by atoms with Crippen molar-refractivity contribution in [2.75, 3.05) is 40.1 Å². The third-order valence-electron chi connectivity index (χ3n) is 5.63. The Labute approximate surface area is 208 Å². The summed E-state index contributed by atoms with van der Waals surface area (Å²) in [5, 5.41) is 2.82. The zero-order valence-corrected chi connectivity index (χ0v) is 20.5. The minimum Gasteiger partial charge on any atom is -0.463 e. The molecule has 0 radical (unpaired) electrons. The zero-order valence-electron chi connectivity index (χ0n) is 20.5. The number of carbonyl (C=O) groups is 1. The summed E-state index contributed by atoms with van der Waals surface area (Å²) in [7, 11) is 1.57. The van der Waals surface area contributed by atoms with Crippen molar-refractivity contribution < 1.29 is 28.1 Å². The number of amides is 1. The molecule has 1 aliphatic rings. The average molecular weight is 500 g/mol. The Morgan fingerprint density at radius 3 is 2.64 bits per heavy atom. The van der Waals surface area contributed by atoms with Crippen molar-refractivity contribution in [1.82, 2.24) is 25.3 Å².